The van der Waals surface area contributed by atoms with Gasteiger partial charge in [-0.2, -0.15) is 0 Å². The van der Waals surface area contributed by atoms with Crippen molar-refractivity contribution in [2.45, 2.75) is 6.42 Å². The van der Waals surface area contributed by atoms with Crippen LogP contribution >= 0.6 is 0 Å². The van der Waals surface area contributed by atoms with Crippen LogP contribution in [0.3, 0.4) is 0 Å². The number of aromatic carboxylic acids is 1. The van der Waals surface area contributed by atoms with Crippen molar-refractivity contribution in [2.75, 3.05) is 11.9 Å². The lowest BCUT2D eigenvalue weighted by Gasteiger charge is -2.04. The van der Waals surface area contributed by atoms with Crippen LogP contribution in [0.1, 0.15) is 16.9 Å². The minimum absolute atomic E-state index is 0.0496. The van der Waals surface area contributed by atoms with Gasteiger partial charge in [0.1, 0.15) is 5.69 Å². The van der Waals surface area contributed by atoms with Gasteiger partial charge in [-0.15, -0.1) is 6.58 Å². The van der Waals surface area contributed by atoms with Gasteiger partial charge in [-0.25, -0.2) is 9.78 Å². The summed E-state index contributed by atoms with van der Waals surface area (Å²) in [6, 6.07) is 3.24. The predicted molar refractivity (Wildman–Crippen MR) is 54.5 cm³/mol. The maximum atomic E-state index is 10.6. The number of pyridine rings is 1. The topological polar surface area (TPSA) is 62.2 Å². The number of anilines is 1. The predicted octanol–water partition coefficient (Wildman–Crippen LogP) is 1.77. The second kappa shape index (κ2) is 5.01. The molecule has 0 spiro atoms. The Hall–Kier alpha value is -1.84. The summed E-state index contributed by atoms with van der Waals surface area (Å²) in [6.45, 7) is 4.33. The molecule has 1 aromatic heterocycles. The molecule has 2 N–H and O–H groups in total. The number of nitrogens with one attached hydrogen (secondary N) is 1. The molecule has 0 bridgehead atoms. The summed E-state index contributed by atoms with van der Waals surface area (Å²) in [5.41, 5.74) is 0.813. The molecule has 1 aromatic rings. The van der Waals surface area contributed by atoms with Gasteiger partial charge in [0, 0.05) is 18.4 Å². The quantitative estimate of drug-likeness (QED) is 0.551. The molecule has 0 radical (unpaired) electrons. The van der Waals surface area contributed by atoms with E-state index < -0.39 is 5.97 Å². The van der Waals surface area contributed by atoms with E-state index in [0.717, 1.165) is 18.7 Å². The van der Waals surface area contributed by atoms with E-state index in [-0.39, 0.29) is 5.69 Å². The molecule has 74 valence electrons. The van der Waals surface area contributed by atoms with E-state index in [2.05, 4.69) is 16.9 Å². The van der Waals surface area contributed by atoms with Crippen molar-refractivity contribution in [1.29, 1.82) is 0 Å². The van der Waals surface area contributed by atoms with Gasteiger partial charge in [-0.1, -0.05) is 6.08 Å². The second-order valence-corrected chi connectivity index (χ2v) is 2.74. The third-order valence-electron chi connectivity index (χ3n) is 1.66. The lowest BCUT2D eigenvalue weighted by molar-refractivity contribution is 0.0690. The molecule has 0 aliphatic rings. The fraction of sp³-hybridized carbons (Fsp3) is 0.200. The third kappa shape index (κ3) is 2.90. The molecule has 0 unspecified atom stereocenters. The van der Waals surface area contributed by atoms with Crippen LogP contribution < -0.4 is 5.32 Å². The highest BCUT2D eigenvalue weighted by molar-refractivity contribution is 5.86. The van der Waals surface area contributed by atoms with Gasteiger partial charge in [-0.05, 0) is 18.6 Å². The molecule has 0 aromatic carbocycles. The van der Waals surface area contributed by atoms with Gasteiger partial charge in [0.2, 0.25) is 0 Å². The van der Waals surface area contributed by atoms with Crippen molar-refractivity contribution < 1.29 is 9.90 Å². The summed E-state index contributed by atoms with van der Waals surface area (Å²) >= 11 is 0. The van der Waals surface area contributed by atoms with Crippen molar-refractivity contribution in [1.82, 2.24) is 4.98 Å². The van der Waals surface area contributed by atoms with Crippen molar-refractivity contribution in [3.8, 4) is 0 Å². The summed E-state index contributed by atoms with van der Waals surface area (Å²) in [7, 11) is 0. The fourth-order valence-electron chi connectivity index (χ4n) is 0.976. The number of carboxylic acid groups (broad SMARTS) is 1. The first kappa shape index (κ1) is 10.2. The van der Waals surface area contributed by atoms with Gasteiger partial charge in [0.15, 0.2) is 0 Å². The highest BCUT2D eigenvalue weighted by Gasteiger charge is 2.03. The van der Waals surface area contributed by atoms with E-state index in [9.17, 15) is 4.79 Å². The van der Waals surface area contributed by atoms with Crippen LogP contribution in [0, 0.1) is 0 Å². The number of aromatic nitrogens is 1. The Morgan fingerprint density at radius 1 is 1.71 bits per heavy atom. The molecule has 0 aliphatic heterocycles. The summed E-state index contributed by atoms with van der Waals surface area (Å²) < 4.78 is 0. The van der Waals surface area contributed by atoms with Crippen LogP contribution in [0.4, 0.5) is 5.69 Å². The fourth-order valence-corrected chi connectivity index (χ4v) is 0.976. The zero-order valence-electron chi connectivity index (χ0n) is 7.73. The maximum Gasteiger partial charge on any atom is 0.354 e. The molecule has 14 heavy (non-hydrogen) atoms. The van der Waals surface area contributed by atoms with Gasteiger partial charge in [0.25, 0.3) is 0 Å². The van der Waals surface area contributed by atoms with Crippen LogP contribution in [0.15, 0.2) is 31.0 Å². The van der Waals surface area contributed by atoms with Crippen LogP contribution in [0.25, 0.3) is 0 Å². The molecule has 0 aliphatic carbocycles. The Labute approximate surface area is 82.3 Å². The molecule has 1 rings (SSSR count). The highest BCUT2D eigenvalue weighted by atomic mass is 16.4. The molecule has 0 amide bonds. The number of carbonyl (C=O) groups is 1. The molecule has 4 nitrogen and oxygen atoms in total. The number of rotatable bonds is 5. The van der Waals surface area contributed by atoms with Gasteiger partial charge in [-0.3, -0.25) is 0 Å². The molecule has 0 fully saturated rings. The first-order valence-electron chi connectivity index (χ1n) is 4.28. The smallest absolute Gasteiger partial charge is 0.354 e. The monoisotopic (exact) mass is 192 g/mol. The number of carboxylic acids is 1. The first-order valence-corrected chi connectivity index (χ1v) is 4.28. The molecule has 0 atom stereocenters. The lowest BCUT2D eigenvalue weighted by atomic mass is 10.3. The Morgan fingerprint density at radius 2 is 2.50 bits per heavy atom. The zero-order valence-corrected chi connectivity index (χ0v) is 7.73. The van der Waals surface area contributed by atoms with Crippen LogP contribution in [0.5, 0.6) is 0 Å². The number of hydrogen-bond acceptors (Lipinski definition) is 3. The Morgan fingerprint density at radius 3 is 3.14 bits per heavy atom. The van der Waals surface area contributed by atoms with E-state index in [1.165, 1.54) is 12.3 Å². The Bertz CT molecular complexity index is 337. The molecule has 0 saturated carbocycles. The van der Waals surface area contributed by atoms with E-state index in [4.69, 9.17) is 5.11 Å². The second-order valence-electron chi connectivity index (χ2n) is 2.74. The zero-order chi connectivity index (χ0) is 10.4. The van der Waals surface area contributed by atoms with E-state index in [0.29, 0.717) is 0 Å². The number of hydrogen-bond donors (Lipinski definition) is 2. The van der Waals surface area contributed by atoms with E-state index >= 15 is 0 Å². The van der Waals surface area contributed by atoms with E-state index in [1.807, 2.05) is 0 Å². The average molecular weight is 192 g/mol. The van der Waals surface area contributed by atoms with Crippen molar-refractivity contribution in [3.05, 3.63) is 36.7 Å². The third-order valence-corrected chi connectivity index (χ3v) is 1.66. The average Bonchev–Trinajstić information content (AvgIpc) is 2.19. The largest absolute Gasteiger partial charge is 0.477 e. The van der Waals surface area contributed by atoms with Gasteiger partial charge >= 0.3 is 5.97 Å². The highest BCUT2D eigenvalue weighted by Crippen LogP contribution is 2.07. The van der Waals surface area contributed by atoms with Gasteiger partial charge in [0.05, 0.1) is 0 Å². The molecular formula is C10H12N2O2. The molecular weight excluding hydrogens is 180 g/mol. The SMILES string of the molecule is C=CCCNc1ccnc(C(=O)O)c1. The molecule has 1 heterocycles. The minimum atomic E-state index is -1.02. The summed E-state index contributed by atoms with van der Waals surface area (Å²) in [4.78, 5) is 14.3. The van der Waals surface area contributed by atoms with Crippen LogP contribution in [-0.2, 0) is 0 Å². The standard InChI is InChI=1S/C10H12N2O2/c1-2-3-5-11-8-4-6-12-9(7-8)10(13)14/h2,4,6-7H,1,3,5H2,(H,11,12)(H,13,14). The Balaban J connectivity index is 2.63. The van der Waals surface area contributed by atoms with Crippen molar-refractivity contribution in [3.63, 3.8) is 0 Å². The normalized spacial score (nSPS) is 9.43. The summed E-state index contributed by atoms with van der Waals surface area (Å²) in [5.74, 6) is -1.02. The minimum Gasteiger partial charge on any atom is -0.477 e. The van der Waals surface area contributed by atoms with Gasteiger partial charge < -0.3 is 10.4 Å². The lowest BCUT2D eigenvalue weighted by Crippen LogP contribution is -2.04. The van der Waals surface area contributed by atoms with E-state index in [1.54, 1.807) is 12.1 Å². The molecule has 0 saturated heterocycles. The summed E-state index contributed by atoms with van der Waals surface area (Å²) in [6.07, 6.45) is 4.11. The Kier molecular flexibility index (Phi) is 3.67. The maximum absolute atomic E-state index is 10.6. The number of nitrogens with zero attached hydrogens (tertiary/aromatic N) is 1. The van der Waals surface area contributed by atoms with Crippen LogP contribution in [-0.4, -0.2) is 22.6 Å². The summed E-state index contributed by atoms with van der Waals surface area (Å²) in [5, 5.41) is 11.7. The van der Waals surface area contributed by atoms with Crippen molar-refractivity contribution in [2.24, 2.45) is 0 Å². The molecule has 4 heteroatoms. The van der Waals surface area contributed by atoms with Crippen LogP contribution in [0.2, 0.25) is 0 Å². The van der Waals surface area contributed by atoms with Crippen molar-refractivity contribution >= 4 is 11.7 Å². The first-order chi connectivity index (χ1) is 6.74.